The molecule has 0 atom stereocenters. The lowest BCUT2D eigenvalue weighted by atomic mass is 10.3. The van der Waals surface area contributed by atoms with Gasteiger partial charge >= 0.3 is 0 Å². The van der Waals surface area contributed by atoms with Gasteiger partial charge in [-0.25, -0.2) is 0 Å². The van der Waals surface area contributed by atoms with E-state index in [-0.39, 0.29) is 5.78 Å². The fraction of sp³-hybridized carbons (Fsp3) is 0.222. The minimum Gasteiger partial charge on any atom is -0.416 e. The highest BCUT2D eigenvalue weighted by Gasteiger charge is 2.10. The largest absolute Gasteiger partial charge is 0.416 e. The summed E-state index contributed by atoms with van der Waals surface area (Å²) in [6.45, 7) is 1.71. The number of carbonyl (C=O) groups is 1. The van der Waals surface area contributed by atoms with Crippen LogP contribution in [0, 0.1) is 6.92 Å². The van der Waals surface area contributed by atoms with E-state index >= 15 is 0 Å². The lowest BCUT2D eigenvalue weighted by Crippen LogP contribution is -2.02. The first-order valence-electron chi connectivity index (χ1n) is 4.35. The predicted octanol–water partition coefficient (Wildman–Crippen LogP) is 1.68. The molecule has 0 aliphatic rings. The molecule has 0 spiro atoms. The van der Waals surface area contributed by atoms with E-state index in [1.165, 1.54) is 11.8 Å². The summed E-state index contributed by atoms with van der Waals surface area (Å²) >= 11 is 1.24. The predicted molar refractivity (Wildman–Crippen MR) is 54.9 cm³/mol. The van der Waals surface area contributed by atoms with E-state index in [0.717, 1.165) is 0 Å². The van der Waals surface area contributed by atoms with Gasteiger partial charge in [-0.15, -0.1) is 10.2 Å². The molecule has 0 aliphatic heterocycles. The Labute approximate surface area is 90.3 Å². The highest BCUT2D eigenvalue weighted by atomic mass is 32.2. The minimum absolute atomic E-state index is 0.0147. The number of nitrogens with one attached hydrogen (secondary N) is 1. The average Bonchev–Trinajstić information content (AvgIpc) is 2.84. The molecule has 15 heavy (non-hydrogen) atoms. The number of hydrogen-bond donors (Lipinski definition) is 1. The smallest absolute Gasteiger partial charge is 0.277 e. The van der Waals surface area contributed by atoms with Crippen LogP contribution in [0.1, 0.15) is 16.4 Å². The van der Waals surface area contributed by atoms with E-state index in [9.17, 15) is 4.79 Å². The molecule has 2 aromatic heterocycles. The number of nitrogens with zero attached hydrogens (tertiary/aromatic N) is 2. The van der Waals surface area contributed by atoms with Crippen molar-refractivity contribution in [2.24, 2.45) is 0 Å². The Morgan fingerprint density at radius 1 is 1.60 bits per heavy atom. The van der Waals surface area contributed by atoms with Crippen molar-refractivity contribution in [3.63, 3.8) is 0 Å². The van der Waals surface area contributed by atoms with Gasteiger partial charge in [-0.05, 0) is 12.1 Å². The van der Waals surface area contributed by atoms with Gasteiger partial charge in [-0.1, -0.05) is 11.8 Å². The fourth-order valence-corrected chi connectivity index (χ4v) is 1.73. The summed E-state index contributed by atoms with van der Waals surface area (Å²) in [6.07, 6.45) is 1.72. The van der Waals surface area contributed by atoms with Crippen LogP contribution in [0.4, 0.5) is 0 Å². The van der Waals surface area contributed by atoms with Crippen molar-refractivity contribution in [2.45, 2.75) is 12.1 Å². The van der Waals surface area contributed by atoms with Crippen molar-refractivity contribution in [3.8, 4) is 0 Å². The molecule has 78 valence electrons. The number of aryl methyl sites for hydroxylation is 1. The Bertz CT molecular complexity index is 450. The molecule has 0 amide bonds. The number of thioether (sulfide) groups is 1. The van der Waals surface area contributed by atoms with Crippen LogP contribution in [0.25, 0.3) is 0 Å². The van der Waals surface area contributed by atoms with Crippen LogP contribution < -0.4 is 0 Å². The molecule has 0 fully saturated rings. The van der Waals surface area contributed by atoms with Gasteiger partial charge < -0.3 is 9.40 Å². The van der Waals surface area contributed by atoms with E-state index in [2.05, 4.69) is 15.2 Å². The van der Waals surface area contributed by atoms with Gasteiger partial charge in [0.05, 0.1) is 11.4 Å². The Balaban J connectivity index is 1.91. The molecule has 0 saturated carbocycles. The standard InChI is InChI=1S/C9H9N3O2S/c1-6-11-12-9(14-6)15-5-8(13)7-3-2-4-10-7/h2-4,10H,5H2,1H3. The van der Waals surface area contributed by atoms with Crippen molar-refractivity contribution in [3.05, 3.63) is 29.9 Å². The molecule has 0 aromatic carbocycles. The number of ketones is 1. The summed E-state index contributed by atoms with van der Waals surface area (Å²) in [5.41, 5.74) is 0.596. The first-order chi connectivity index (χ1) is 7.25. The van der Waals surface area contributed by atoms with Crippen molar-refractivity contribution < 1.29 is 9.21 Å². The quantitative estimate of drug-likeness (QED) is 0.630. The van der Waals surface area contributed by atoms with Gasteiger partial charge in [0, 0.05) is 13.1 Å². The Morgan fingerprint density at radius 2 is 2.47 bits per heavy atom. The second-order valence-corrected chi connectivity index (χ2v) is 3.81. The zero-order chi connectivity index (χ0) is 10.7. The summed E-state index contributed by atoms with van der Waals surface area (Å²) in [6, 6.07) is 3.52. The van der Waals surface area contributed by atoms with Gasteiger partial charge in [-0.2, -0.15) is 0 Å². The molecule has 0 radical (unpaired) electrons. The second kappa shape index (κ2) is 4.31. The third-order valence-corrected chi connectivity index (χ3v) is 2.55. The summed E-state index contributed by atoms with van der Waals surface area (Å²) < 4.78 is 5.13. The first-order valence-corrected chi connectivity index (χ1v) is 5.34. The molecule has 5 nitrogen and oxygen atoms in total. The third-order valence-electron chi connectivity index (χ3n) is 1.73. The van der Waals surface area contributed by atoms with E-state index in [1.54, 1.807) is 25.3 Å². The van der Waals surface area contributed by atoms with E-state index in [0.29, 0.717) is 22.6 Å². The zero-order valence-electron chi connectivity index (χ0n) is 8.06. The van der Waals surface area contributed by atoms with E-state index < -0.39 is 0 Å². The molecule has 2 aromatic rings. The van der Waals surface area contributed by atoms with Crippen LogP contribution in [0.3, 0.4) is 0 Å². The summed E-state index contributed by atoms with van der Waals surface area (Å²) in [5, 5.41) is 7.88. The summed E-state index contributed by atoms with van der Waals surface area (Å²) in [5.74, 6) is 0.813. The summed E-state index contributed by atoms with van der Waals surface area (Å²) in [7, 11) is 0. The van der Waals surface area contributed by atoms with Crippen molar-refractivity contribution in [1.29, 1.82) is 0 Å². The molecule has 0 bridgehead atoms. The molecule has 0 aliphatic carbocycles. The molecule has 0 unspecified atom stereocenters. The van der Waals surface area contributed by atoms with Crippen molar-refractivity contribution in [2.75, 3.05) is 5.75 Å². The van der Waals surface area contributed by atoms with Crippen LogP contribution >= 0.6 is 11.8 Å². The molecule has 6 heteroatoms. The maximum absolute atomic E-state index is 11.5. The van der Waals surface area contributed by atoms with Crippen LogP contribution in [0.2, 0.25) is 0 Å². The van der Waals surface area contributed by atoms with Crippen LogP contribution in [0.15, 0.2) is 28.0 Å². The zero-order valence-corrected chi connectivity index (χ0v) is 8.87. The first kappa shape index (κ1) is 9.97. The highest BCUT2D eigenvalue weighted by Crippen LogP contribution is 2.16. The molecule has 2 heterocycles. The Kier molecular flexibility index (Phi) is 2.86. The lowest BCUT2D eigenvalue weighted by Gasteiger charge is -1.94. The average molecular weight is 223 g/mol. The maximum atomic E-state index is 11.5. The fourth-order valence-electron chi connectivity index (χ4n) is 1.05. The summed E-state index contributed by atoms with van der Waals surface area (Å²) in [4.78, 5) is 14.4. The lowest BCUT2D eigenvalue weighted by molar-refractivity contribution is 0.101. The van der Waals surface area contributed by atoms with Gasteiger partial charge in [-0.3, -0.25) is 4.79 Å². The molecule has 2 rings (SSSR count). The maximum Gasteiger partial charge on any atom is 0.277 e. The monoisotopic (exact) mass is 223 g/mol. The van der Waals surface area contributed by atoms with Gasteiger partial charge in [0.2, 0.25) is 5.89 Å². The van der Waals surface area contributed by atoms with E-state index in [4.69, 9.17) is 4.42 Å². The molecular formula is C9H9N3O2S. The van der Waals surface area contributed by atoms with Crippen LogP contribution in [-0.2, 0) is 0 Å². The van der Waals surface area contributed by atoms with Crippen molar-refractivity contribution >= 4 is 17.5 Å². The molecule has 0 saturated heterocycles. The third kappa shape index (κ3) is 2.47. The minimum atomic E-state index is 0.0147. The number of carbonyl (C=O) groups excluding carboxylic acids is 1. The Hall–Kier alpha value is -1.56. The van der Waals surface area contributed by atoms with Crippen LogP contribution in [0.5, 0.6) is 0 Å². The molecule has 1 N–H and O–H groups in total. The highest BCUT2D eigenvalue weighted by molar-refractivity contribution is 7.99. The second-order valence-electron chi connectivity index (χ2n) is 2.88. The Morgan fingerprint density at radius 3 is 3.07 bits per heavy atom. The molecular weight excluding hydrogens is 214 g/mol. The van der Waals surface area contributed by atoms with E-state index in [1.807, 2.05) is 0 Å². The van der Waals surface area contributed by atoms with Gasteiger partial charge in [0.15, 0.2) is 5.78 Å². The number of aromatic amines is 1. The number of hydrogen-bond acceptors (Lipinski definition) is 5. The number of H-pyrrole nitrogens is 1. The normalized spacial score (nSPS) is 10.5. The number of Topliss-reactive ketones (excluding diaryl/α,β-unsaturated/α-hetero) is 1. The SMILES string of the molecule is Cc1nnc(SCC(=O)c2ccc[nH]2)o1. The van der Waals surface area contributed by atoms with Crippen molar-refractivity contribution in [1.82, 2.24) is 15.2 Å². The number of rotatable bonds is 4. The van der Waals surface area contributed by atoms with Gasteiger partial charge in [0.25, 0.3) is 5.22 Å². The number of aromatic nitrogens is 3. The van der Waals surface area contributed by atoms with Crippen LogP contribution in [-0.4, -0.2) is 26.7 Å². The van der Waals surface area contributed by atoms with Gasteiger partial charge in [0.1, 0.15) is 0 Å². The topological polar surface area (TPSA) is 71.8 Å².